The Morgan fingerprint density at radius 1 is 0.955 bits per heavy atom. The standard InChI is InChI=1S/C18H18BrN3/c19-17-8-4-7-16(13-20)18(17)22-11-9-21(10-12-22)14-15-5-2-1-3-6-15/h1-8H,9-12,14H2. The van der Waals surface area contributed by atoms with E-state index in [1.54, 1.807) is 0 Å². The van der Waals surface area contributed by atoms with Gasteiger partial charge >= 0.3 is 0 Å². The highest BCUT2D eigenvalue weighted by molar-refractivity contribution is 9.10. The topological polar surface area (TPSA) is 30.3 Å². The molecule has 0 saturated carbocycles. The molecule has 0 aliphatic carbocycles. The summed E-state index contributed by atoms with van der Waals surface area (Å²) in [5, 5.41) is 9.31. The monoisotopic (exact) mass is 355 g/mol. The molecule has 0 atom stereocenters. The number of rotatable bonds is 3. The van der Waals surface area contributed by atoms with Gasteiger partial charge in [-0.15, -0.1) is 0 Å². The SMILES string of the molecule is N#Cc1cccc(Br)c1N1CCN(Cc2ccccc2)CC1. The van der Waals surface area contributed by atoms with E-state index >= 15 is 0 Å². The predicted octanol–water partition coefficient (Wildman–Crippen LogP) is 3.64. The number of nitrogens with zero attached hydrogens (tertiary/aromatic N) is 3. The molecular weight excluding hydrogens is 338 g/mol. The Morgan fingerprint density at radius 2 is 1.68 bits per heavy atom. The van der Waals surface area contributed by atoms with Gasteiger partial charge in [0.05, 0.1) is 11.3 Å². The van der Waals surface area contributed by atoms with Crippen LogP contribution in [0.5, 0.6) is 0 Å². The van der Waals surface area contributed by atoms with Crippen LogP contribution in [0.1, 0.15) is 11.1 Å². The summed E-state index contributed by atoms with van der Waals surface area (Å²) in [6.45, 7) is 4.92. The summed E-state index contributed by atoms with van der Waals surface area (Å²) in [5.41, 5.74) is 3.13. The summed E-state index contributed by atoms with van der Waals surface area (Å²) in [6.07, 6.45) is 0. The molecule has 22 heavy (non-hydrogen) atoms. The molecule has 3 rings (SSSR count). The minimum absolute atomic E-state index is 0.742. The van der Waals surface area contributed by atoms with Gasteiger partial charge in [-0.3, -0.25) is 4.90 Å². The van der Waals surface area contributed by atoms with Crippen LogP contribution in [0.2, 0.25) is 0 Å². The minimum Gasteiger partial charge on any atom is -0.367 e. The van der Waals surface area contributed by atoms with E-state index in [2.05, 4.69) is 62.1 Å². The van der Waals surface area contributed by atoms with Crippen LogP contribution in [-0.2, 0) is 6.54 Å². The number of para-hydroxylation sites is 1. The molecule has 0 unspecified atom stereocenters. The molecule has 0 aromatic heterocycles. The van der Waals surface area contributed by atoms with E-state index in [4.69, 9.17) is 0 Å². The summed E-state index contributed by atoms with van der Waals surface area (Å²) in [5.74, 6) is 0. The first kappa shape index (κ1) is 15.1. The Labute approximate surface area is 139 Å². The maximum Gasteiger partial charge on any atom is 0.101 e. The van der Waals surface area contributed by atoms with Gasteiger partial charge in [0.15, 0.2) is 0 Å². The molecule has 0 N–H and O–H groups in total. The minimum atomic E-state index is 0.742. The van der Waals surface area contributed by atoms with Crippen molar-refractivity contribution < 1.29 is 0 Å². The maximum atomic E-state index is 9.31. The lowest BCUT2D eigenvalue weighted by atomic mass is 10.1. The maximum absolute atomic E-state index is 9.31. The van der Waals surface area contributed by atoms with Crippen molar-refractivity contribution in [3.8, 4) is 6.07 Å². The van der Waals surface area contributed by atoms with Gasteiger partial charge in [0.1, 0.15) is 6.07 Å². The Morgan fingerprint density at radius 3 is 2.36 bits per heavy atom. The largest absolute Gasteiger partial charge is 0.367 e. The van der Waals surface area contributed by atoms with Crippen molar-refractivity contribution in [2.24, 2.45) is 0 Å². The number of nitriles is 1. The first-order valence-electron chi connectivity index (χ1n) is 7.48. The zero-order valence-electron chi connectivity index (χ0n) is 12.4. The first-order chi connectivity index (χ1) is 10.8. The second-order valence-corrected chi connectivity index (χ2v) is 6.35. The van der Waals surface area contributed by atoms with E-state index in [-0.39, 0.29) is 0 Å². The zero-order valence-corrected chi connectivity index (χ0v) is 14.0. The van der Waals surface area contributed by atoms with E-state index in [1.807, 2.05) is 18.2 Å². The molecule has 2 aromatic rings. The number of anilines is 1. The molecule has 112 valence electrons. The molecule has 1 saturated heterocycles. The summed E-state index contributed by atoms with van der Waals surface area (Å²) < 4.78 is 1.00. The molecule has 1 aliphatic rings. The van der Waals surface area contributed by atoms with Gasteiger partial charge in [-0.25, -0.2) is 0 Å². The molecule has 1 aliphatic heterocycles. The highest BCUT2D eigenvalue weighted by atomic mass is 79.9. The van der Waals surface area contributed by atoms with Gasteiger partial charge in [-0.2, -0.15) is 5.26 Å². The van der Waals surface area contributed by atoms with Crippen LogP contribution >= 0.6 is 15.9 Å². The van der Waals surface area contributed by atoms with Crippen LogP contribution < -0.4 is 4.90 Å². The predicted molar refractivity (Wildman–Crippen MR) is 92.8 cm³/mol. The van der Waals surface area contributed by atoms with Gasteiger partial charge in [-0.05, 0) is 33.6 Å². The van der Waals surface area contributed by atoms with Crippen LogP contribution in [0.4, 0.5) is 5.69 Å². The number of hydrogen-bond donors (Lipinski definition) is 0. The van der Waals surface area contributed by atoms with Crippen molar-refractivity contribution in [2.45, 2.75) is 6.54 Å². The Bertz CT molecular complexity index is 670. The van der Waals surface area contributed by atoms with Crippen LogP contribution in [0.25, 0.3) is 0 Å². The number of hydrogen-bond acceptors (Lipinski definition) is 3. The number of piperazine rings is 1. The summed E-state index contributed by atoms with van der Waals surface area (Å²) in [7, 11) is 0. The fraction of sp³-hybridized carbons (Fsp3) is 0.278. The molecule has 0 radical (unpaired) electrons. The molecule has 0 bridgehead atoms. The highest BCUT2D eigenvalue weighted by Gasteiger charge is 2.21. The van der Waals surface area contributed by atoms with E-state index in [9.17, 15) is 5.26 Å². The second kappa shape index (κ2) is 6.95. The Kier molecular flexibility index (Phi) is 4.77. The third kappa shape index (κ3) is 3.32. The van der Waals surface area contributed by atoms with E-state index in [0.717, 1.165) is 48.4 Å². The molecule has 1 fully saturated rings. The average Bonchev–Trinajstić information content (AvgIpc) is 2.56. The summed E-state index contributed by atoms with van der Waals surface area (Å²) >= 11 is 3.59. The average molecular weight is 356 g/mol. The third-order valence-electron chi connectivity index (χ3n) is 4.04. The number of benzene rings is 2. The summed E-state index contributed by atoms with van der Waals surface area (Å²) in [6, 6.07) is 18.7. The lowest BCUT2D eigenvalue weighted by Crippen LogP contribution is -2.46. The first-order valence-corrected chi connectivity index (χ1v) is 8.27. The molecule has 3 nitrogen and oxygen atoms in total. The van der Waals surface area contributed by atoms with Crippen molar-refractivity contribution in [1.29, 1.82) is 5.26 Å². The Hall–Kier alpha value is -1.83. The van der Waals surface area contributed by atoms with Gasteiger partial charge in [-0.1, -0.05) is 36.4 Å². The van der Waals surface area contributed by atoms with Gasteiger partial charge in [0, 0.05) is 37.2 Å². The van der Waals surface area contributed by atoms with Crippen molar-refractivity contribution >= 4 is 21.6 Å². The number of halogens is 1. The van der Waals surface area contributed by atoms with E-state index in [1.165, 1.54) is 5.56 Å². The van der Waals surface area contributed by atoms with Crippen LogP contribution in [-0.4, -0.2) is 31.1 Å². The normalized spacial score (nSPS) is 15.5. The van der Waals surface area contributed by atoms with E-state index < -0.39 is 0 Å². The van der Waals surface area contributed by atoms with Crippen molar-refractivity contribution in [3.05, 3.63) is 64.1 Å². The third-order valence-corrected chi connectivity index (χ3v) is 4.68. The lowest BCUT2D eigenvalue weighted by Gasteiger charge is -2.37. The van der Waals surface area contributed by atoms with Crippen molar-refractivity contribution in [1.82, 2.24) is 4.90 Å². The Balaban J connectivity index is 1.66. The highest BCUT2D eigenvalue weighted by Crippen LogP contribution is 2.30. The molecule has 1 heterocycles. The van der Waals surface area contributed by atoms with Gasteiger partial charge in [0.25, 0.3) is 0 Å². The van der Waals surface area contributed by atoms with E-state index in [0.29, 0.717) is 0 Å². The van der Waals surface area contributed by atoms with Gasteiger partial charge in [0.2, 0.25) is 0 Å². The fourth-order valence-corrected chi connectivity index (χ4v) is 3.52. The van der Waals surface area contributed by atoms with Gasteiger partial charge < -0.3 is 4.90 Å². The summed E-state index contributed by atoms with van der Waals surface area (Å²) in [4.78, 5) is 4.78. The van der Waals surface area contributed by atoms with Crippen LogP contribution in [0.15, 0.2) is 53.0 Å². The zero-order chi connectivity index (χ0) is 15.4. The molecular formula is C18H18BrN3. The smallest absolute Gasteiger partial charge is 0.101 e. The molecule has 4 heteroatoms. The van der Waals surface area contributed by atoms with Crippen molar-refractivity contribution in [3.63, 3.8) is 0 Å². The second-order valence-electron chi connectivity index (χ2n) is 5.50. The quantitative estimate of drug-likeness (QED) is 0.841. The lowest BCUT2D eigenvalue weighted by molar-refractivity contribution is 0.250. The molecule has 0 spiro atoms. The van der Waals surface area contributed by atoms with Crippen molar-refractivity contribution in [2.75, 3.05) is 31.1 Å². The van der Waals surface area contributed by atoms with Crippen LogP contribution in [0.3, 0.4) is 0 Å². The van der Waals surface area contributed by atoms with Crippen LogP contribution in [0, 0.1) is 11.3 Å². The molecule has 2 aromatic carbocycles. The fourth-order valence-electron chi connectivity index (χ4n) is 2.90. The molecule has 0 amide bonds.